The van der Waals surface area contributed by atoms with Crippen molar-refractivity contribution in [2.24, 2.45) is 5.73 Å². The first-order chi connectivity index (χ1) is 9.88. The van der Waals surface area contributed by atoms with Crippen LogP contribution in [0, 0.1) is 0 Å². The molecule has 0 radical (unpaired) electrons. The Balaban J connectivity index is 2.06. The fourth-order valence-electron chi connectivity index (χ4n) is 2.06. The predicted octanol–water partition coefficient (Wildman–Crippen LogP) is 2.09. The van der Waals surface area contributed by atoms with E-state index < -0.39 is 0 Å². The number of nitrogens with zero attached hydrogens (tertiary/aromatic N) is 3. The average molecular weight is 289 g/mol. The molecule has 21 heavy (non-hydrogen) atoms. The van der Waals surface area contributed by atoms with E-state index in [-0.39, 0.29) is 11.3 Å². The number of primary amides is 1. The Kier molecular flexibility index (Phi) is 4.45. The SMILES string of the molecule is CC(C)(C)c1cc2c(NCCCCC(N)=O)nccn2n1. The maximum atomic E-state index is 10.7. The first-order valence-corrected chi connectivity index (χ1v) is 7.25. The molecule has 0 atom stereocenters. The number of anilines is 1. The second-order valence-electron chi connectivity index (χ2n) is 6.24. The van der Waals surface area contributed by atoms with Gasteiger partial charge in [-0.1, -0.05) is 20.8 Å². The summed E-state index contributed by atoms with van der Waals surface area (Å²) in [4.78, 5) is 15.1. The van der Waals surface area contributed by atoms with E-state index >= 15 is 0 Å². The molecule has 0 aromatic carbocycles. The molecule has 6 nitrogen and oxygen atoms in total. The van der Waals surface area contributed by atoms with E-state index in [1.165, 1.54) is 0 Å². The molecule has 0 unspecified atom stereocenters. The van der Waals surface area contributed by atoms with Crippen LogP contribution in [0.3, 0.4) is 0 Å². The third-order valence-corrected chi connectivity index (χ3v) is 3.30. The quantitative estimate of drug-likeness (QED) is 0.797. The van der Waals surface area contributed by atoms with Gasteiger partial charge in [-0.05, 0) is 18.9 Å². The molecule has 2 heterocycles. The molecule has 3 N–H and O–H groups in total. The zero-order valence-electron chi connectivity index (χ0n) is 12.9. The standard InChI is InChI=1S/C15H23N5O/c1-15(2,3)12-10-11-14(18-8-9-20(11)19-12)17-7-5-4-6-13(16)21/h8-10H,4-7H2,1-3H3,(H2,16,21)(H,17,18). The lowest BCUT2D eigenvalue weighted by atomic mass is 9.92. The number of fused-ring (bicyclic) bond motifs is 1. The van der Waals surface area contributed by atoms with Crippen LogP contribution in [-0.2, 0) is 10.2 Å². The molecule has 2 rings (SSSR count). The van der Waals surface area contributed by atoms with E-state index in [1.54, 1.807) is 6.20 Å². The summed E-state index contributed by atoms with van der Waals surface area (Å²) in [6.07, 6.45) is 5.69. The summed E-state index contributed by atoms with van der Waals surface area (Å²) >= 11 is 0. The summed E-state index contributed by atoms with van der Waals surface area (Å²) in [6.45, 7) is 7.17. The highest BCUT2D eigenvalue weighted by Crippen LogP contribution is 2.24. The second kappa shape index (κ2) is 6.11. The third kappa shape index (κ3) is 3.93. The second-order valence-corrected chi connectivity index (χ2v) is 6.24. The van der Waals surface area contributed by atoms with Gasteiger partial charge in [-0.15, -0.1) is 0 Å². The van der Waals surface area contributed by atoms with Gasteiger partial charge in [0.25, 0.3) is 0 Å². The largest absolute Gasteiger partial charge is 0.370 e. The van der Waals surface area contributed by atoms with Crippen LogP contribution in [0.15, 0.2) is 18.5 Å². The Morgan fingerprint density at radius 3 is 2.81 bits per heavy atom. The number of aromatic nitrogens is 3. The number of carbonyl (C=O) groups excluding carboxylic acids is 1. The molecule has 0 aliphatic heterocycles. The van der Waals surface area contributed by atoms with Crippen molar-refractivity contribution in [3.8, 4) is 0 Å². The molecule has 6 heteroatoms. The van der Waals surface area contributed by atoms with Crippen LogP contribution in [0.25, 0.3) is 5.52 Å². The van der Waals surface area contributed by atoms with Crippen molar-refractivity contribution in [2.75, 3.05) is 11.9 Å². The van der Waals surface area contributed by atoms with Crippen LogP contribution in [0.1, 0.15) is 45.7 Å². The molecule has 2 aromatic heterocycles. The Hall–Kier alpha value is -2.11. The van der Waals surface area contributed by atoms with Crippen molar-refractivity contribution < 1.29 is 4.79 Å². The normalized spacial score (nSPS) is 11.8. The zero-order valence-corrected chi connectivity index (χ0v) is 12.9. The maximum absolute atomic E-state index is 10.7. The van der Waals surface area contributed by atoms with Gasteiger partial charge in [0.05, 0.1) is 5.69 Å². The van der Waals surface area contributed by atoms with E-state index in [1.807, 2.05) is 10.7 Å². The lowest BCUT2D eigenvalue weighted by molar-refractivity contribution is -0.118. The van der Waals surface area contributed by atoms with Gasteiger partial charge in [0.1, 0.15) is 5.52 Å². The molecule has 0 saturated heterocycles. The number of hydrogen-bond acceptors (Lipinski definition) is 4. The van der Waals surface area contributed by atoms with E-state index in [9.17, 15) is 4.79 Å². The van der Waals surface area contributed by atoms with Crippen molar-refractivity contribution in [2.45, 2.75) is 45.4 Å². The number of nitrogens with two attached hydrogens (primary N) is 1. The lowest BCUT2D eigenvalue weighted by Crippen LogP contribution is -2.11. The van der Waals surface area contributed by atoms with Gasteiger partial charge in [-0.3, -0.25) is 4.79 Å². The van der Waals surface area contributed by atoms with E-state index in [4.69, 9.17) is 5.73 Å². The molecule has 0 aliphatic carbocycles. The number of amides is 1. The predicted molar refractivity (Wildman–Crippen MR) is 83.2 cm³/mol. The molecule has 0 fully saturated rings. The smallest absolute Gasteiger partial charge is 0.217 e. The van der Waals surface area contributed by atoms with Crippen LogP contribution in [-0.4, -0.2) is 27.0 Å². The van der Waals surface area contributed by atoms with Crippen LogP contribution in [0.5, 0.6) is 0 Å². The molecular formula is C15H23N5O. The highest BCUT2D eigenvalue weighted by Gasteiger charge is 2.18. The van der Waals surface area contributed by atoms with Gasteiger partial charge in [-0.25, -0.2) is 9.50 Å². The Morgan fingerprint density at radius 1 is 1.38 bits per heavy atom. The molecule has 0 aliphatic rings. The number of rotatable bonds is 6. The molecule has 0 saturated carbocycles. The number of hydrogen-bond donors (Lipinski definition) is 2. The van der Waals surface area contributed by atoms with Crippen LogP contribution in [0.4, 0.5) is 5.82 Å². The molecule has 2 aromatic rings. The first-order valence-electron chi connectivity index (χ1n) is 7.25. The van der Waals surface area contributed by atoms with Gasteiger partial charge >= 0.3 is 0 Å². The topological polar surface area (TPSA) is 85.3 Å². The molecule has 114 valence electrons. The number of carbonyl (C=O) groups is 1. The summed E-state index contributed by atoms with van der Waals surface area (Å²) in [5, 5.41) is 7.89. The summed E-state index contributed by atoms with van der Waals surface area (Å²) < 4.78 is 1.85. The number of unbranched alkanes of at least 4 members (excludes halogenated alkanes) is 1. The first kappa shape index (κ1) is 15.3. The van der Waals surface area contributed by atoms with Gasteiger partial charge in [0.15, 0.2) is 5.82 Å². The minimum Gasteiger partial charge on any atom is -0.370 e. The van der Waals surface area contributed by atoms with Crippen molar-refractivity contribution in [3.63, 3.8) is 0 Å². The summed E-state index contributed by atoms with van der Waals surface area (Å²) in [7, 11) is 0. The van der Waals surface area contributed by atoms with Gasteiger partial charge < -0.3 is 11.1 Å². The zero-order chi connectivity index (χ0) is 15.5. The van der Waals surface area contributed by atoms with Gasteiger partial charge in [0, 0.05) is 30.8 Å². The third-order valence-electron chi connectivity index (χ3n) is 3.30. The van der Waals surface area contributed by atoms with Gasteiger partial charge in [-0.2, -0.15) is 5.10 Å². The summed E-state index contributed by atoms with van der Waals surface area (Å²) in [5.41, 5.74) is 7.13. The monoisotopic (exact) mass is 289 g/mol. The molecule has 0 spiro atoms. The van der Waals surface area contributed by atoms with Crippen LogP contribution in [0.2, 0.25) is 0 Å². The molecule has 0 bridgehead atoms. The van der Waals surface area contributed by atoms with E-state index in [0.717, 1.165) is 36.4 Å². The van der Waals surface area contributed by atoms with Gasteiger partial charge in [0.2, 0.25) is 5.91 Å². The fraction of sp³-hybridized carbons (Fsp3) is 0.533. The van der Waals surface area contributed by atoms with E-state index in [0.29, 0.717) is 6.42 Å². The summed E-state index contributed by atoms with van der Waals surface area (Å²) in [6, 6.07) is 2.07. The summed E-state index contributed by atoms with van der Waals surface area (Å²) in [5.74, 6) is 0.570. The highest BCUT2D eigenvalue weighted by molar-refractivity contribution is 5.73. The Bertz CT molecular complexity index is 627. The van der Waals surface area contributed by atoms with Crippen molar-refractivity contribution in [1.82, 2.24) is 14.6 Å². The fourth-order valence-corrected chi connectivity index (χ4v) is 2.06. The molecule has 1 amide bonds. The van der Waals surface area contributed by atoms with Crippen LogP contribution >= 0.6 is 0 Å². The molecular weight excluding hydrogens is 266 g/mol. The van der Waals surface area contributed by atoms with Crippen molar-refractivity contribution >= 4 is 17.2 Å². The van der Waals surface area contributed by atoms with Crippen molar-refractivity contribution in [1.29, 1.82) is 0 Å². The Morgan fingerprint density at radius 2 is 2.14 bits per heavy atom. The lowest BCUT2D eigenvalue weighted by Gasteiger charge is -2.13. The minimum absolute atomic E-state index is 0.00474. The number of nitrogens with one attached hydrogen (secondary N) is 1. The average Bonchev–Trinajstić information content (AvgIpc) is 2.82. The minimum atomic E-state index is -0.249. The van der Waals surface area contributed by atoms with E-state index in [2.05, 4.69) is 42.2 Å². The van der Waals surface area contributed by atoms with Crippen LogP contribution < -0.4 is 11.1 Å². The highest BCUT2D eigenvalue weighted by atomic mass is 16.1. The maximum Gasteiger partial charge on any atom is 0.217 e. The Labute approximate surface area is 124 Å². The van der Waals surface area contributed by atoms with Crippen molar-refractivity contribution in [3.05, 3.63) is 24.2 Å².